The molecule has 0 aromatic heterocycles. The molecule has 108 valence electrons. The fourth-order valence-corrected chi connectivity index (χ4v) is 2.71. The summed E-state index contributed by atoms with van der Waals surface area (Å²) in [6.45, 7) is 5.96. The van der Waals surface area contributed by atoms with Crippen LogP contribution in [-0.2, 0) is 0 Å². The van der Waals surface area contributed by atoms with Gasteiger partial charge in [-0.15, -0.1) is 0 Å². The standard InChI is InChI=1S/C13H16BrN3O3/c1-13(2)8-15-5-6-16(13)12(18)10-7-9(17(19)20)3-4-11(10)14/h3-4,7,15H,5-6,8H2,1-2H3. The highest BCUT2D eigenvalue weighted by atomic mass is 79.9. The average Bonchev–Trinajstić information content (AvgIpc) is 2.37. The molecule has 1 aromatic carbocycles. The van der Waals surface area contributed by atoms with Gasteiger partial charge in [0, 0.05) is 36.2 Å². The Morgan fingerprint density at radius 1 is 1.50 bits per heavy atom. The fraction of sp³-hybridized carbons (Fsp3) is 0.462. The van der Waals surface area contributed by atoms with Gasteiger partial charge in [0.1, 0.15) is 0 Å². The zero-order valence-electron chi connectivity index (χ0n) is 11.4. The van der Waals surface area contributed by atoms with E-state index < -0.39 is 4.92 Å². The molecule has 1 aromatic rings. The van der Waals surface area contributed by atoms with Crippen LogP contribution in [0.2, 0.25) is 0 Å². The smallest absolute Gasteiger partial charge is 0.270 e. The molecule has 1 aliphatic heterocycles. The van der Waals surface area contributed by atoms with Crippen LogP contribution >= 0.6 is 15.9 Å². The zero-order valence-corrected chi connectivity index (χ0v) is 12.9. The zero-order chi connectivity index (χ0) is 14.9. The van der Waals surface area contributed by atoms with Crippen molar-refractivity contribution < 1.29 is 9.72 Å². The lowest BCUT2D eigenvalue weighted by Gasteiger charge is -2.43. The van der Waals surface area contributed by atoms with Crippen LogP contribution in [0.15, 0.2) is 22.7 Å². The summed E-state index contributed by atoms with van der Waals surface area (Å²) in [7, 11) is 0. The first-order valence-electron chi connectivity index (χ1n) is 6.29. The molecule has 0 radical (unpaired) electrons. The summed E-state index contributed by atoms with van der Waals surface area (Å²) in [5.74, 6) is -0.188. The SMILES string of the molecule is CC1(C)CNCCN1C(=O)c1cc([N+](=O)[O-])ccc1Br. The molecule has 1 amide bonds. The lowest BCUT2D eigenvalue weighted by atomic mass is 9.98. The number of non-ortho nitro benzene ring substituents is 1. The minimum atomic E-state index is -0.494. The number of hydrogen-bond donors (Lipinski definition) is 1. The summed E-state index contributed by atoms with van der Waals surface area (Å²) in [4.78, 5) is 24.8. The Morgan fingerprint density at radius 3 is 2.80 bits per heavy atom. The first-order valence-corrected chi connectivity index (χ1v) is 7.09. The van der Waals surface area contributed by atoms with Crippen LogP contribution < -0.4 is 5.32 Å². The van der Waals surface area contributed by atoms with Crippen molar-refractivity contribution in [3.63, 3.8) is 0 Å². The molecule has 20 heavy (non-hydrogen) atoms. The number of hydrogen-bond acceptors (Lipinski definition) is 4. The number of halogens is 1. The quantitative estimate of drug-likeness (QED) is 0.660. The van der Waals surface area contributed by atoms with Gasteiger partial charge in [0.2, 0.25) is 0 Å². The van der Waals surface area contributed by atoms with E-state index in [0.29, 0.717) is 23.1 Å². The highest BCUT2D eigenvalue weighted by Gasteiger charge is 2.34. The van der Waals surface area contributed by atoms with E-state index in [9.17, 15) is 14.9 Å². The maximum absolute atomic E-state index is 12.7. The van der Waals surface area contributed by atoms with Crippen LogP contribution in [0.5, 0.6) is 0 Å². The van der Waals surface area contributed by atoms with Crippen molar-refractivity contribution in [2.75, 3.05) is 19.6 Å². The number of carbonyl (C=O) groups is 1. The van der Waals surface area contributed by atoms with Gasteiger partial charge in [-0.2, -0.15) is 0 Å². The molecule has 1 saturated heterocycles. The van der Waals surface area contributed by atoms with Crippen molar-refractivity contribution in [2.45, 2.75) is 19.4 Å². The number of benzene rings is 1. The highest BCUT2D eigenvalue weighted by Crippen LogP contribution is 2.27. The van der Waals surface area contributed by atoms with Gasteiger partial charge in [-0.05, 0) is 35.8 Å². The molecule has 1 fully saturated rings. The van der Waals surface area contributed by atoms with Gasteiger partial charge in [0.05, 0.1) is 16.0 Å². The van der Waals surface area contributed by atoms with E-state index in [4.69, 9.17) is 0 Å². The number of piperazine rings is 1. The number of rotatable bonds is 2. The van der Waals surface area contributed by atoms with Crippen LogP contribution in [0.1, 0.15) is 24.2 Å². The second-order valence-electron chi connectivity index (χ2n) is 5.37. The minimum Gasteiger partial charge on any atom is -0.331 e. The van der Waals surface area contributed by atoms with Crippen molar-refractivity contribution in [3.8, 4) is 0 Å². The van der Waals surface area contributed by atoms with Crippen molar-refractivity contribution in [3.05, 3.63) is 38.3 Å². The molecule has 0 saturated carbocycles. The molecule has 1 N–H and O–H groups in total. The lowest BCUT2D eigenvalue weighted by Crippen LogP contribution is -2.59. The molecule has 7 heteroatoms. The van der Waals surface area contributed by atoms with E-state index in [1.165, 1.54) is 12.1 Å². The van der Waals surface area contributed by atoms with E-state index >= 15 is 0 Å². The summed E-state index contributed by atoms with van der Waals surface area (Å²) in [5.41, 5.74) is -0.0713. The Kier molecular flexibility index (Phi) is 4.10. The summed E-state index contributed by atoms with van der Waals surface area (Å²) in [5, 5.41) is 14.1. The van der Waals surface area contributed by atoms with Crippen LogP contribution in [0.4, 0.5) is 5.69 Å². The first kappa shape index (κ1) is 14.9. The monoisotopic (exact) mass is 341 g/mol. The molecule has 0 unspecified atom stereocenters. The van der Waals surface area contributed by atoms with Gasteiger partial charge in [-0.1, -0.05) is 0 Å². The van der Waals surface area contributed by atoms with Crippen LogP contribution in [0, 0.1) is 10.1 Å². The molecule has 0 atom stereocenters. The maximum Gasteiger partial charge on any atom is 0.270 e. The minimum absolute atomic E-state index is 0.0792. The van der Waals surface area contributed by atoms with Gasteiger partial charge < -0.3 is 10.2 Å². The Labute approximate surface area is 125 Å². The molecular formula is C13H16BrN3O3. The first-order chi connectivity index (χ1) is 9.33. The second-order valence-corrected chi connectivity index (χ2v) is 6.22. The van der Waals surface area contributed by atoms with Crippen molar-refractivity contribution >= 4 is 27.5 Å². The third-order valence-electron chi connectivity index (χ3n) is 3.44. The molecule has 6 nitrogen and oxygen atoms in total. The summed E-state index contributed by atoms with van der Waals surface area (Å²) in [6, 6.07) is 4.24. The Bertz CT molecular complexity index is 560. The van der Waals surface area contributed by atoms with Crippen molar-refractivity contribution in [1.29, 1.82) is 0 Å². The van der Waals surface area contributed by atoms with E-state index in [2.05, 4.69) is 21.2 Å². The predicted octanol–water partition coefficient (Wildman–Crippen LogP) is 2.18. The summed E-state index contributed by atoms with van der Waals surface area (Å²) in [6.07, 6.45) is 0. The Hall–Kier alpha value is -1.47. The number of carbonyl (C=O) groups excluding carboxylic acids is 1. The molecule has 0 spiro atoms. The van der Waals surface area contributed by atoms with E-state index in [1.54, 1.807) is 11.0 Å². The summed E-state index contributed by atoms with van der Waals surface area (Å²) >= 11 is 3.30. The Balaban J connectivity index is 2.37. The fourth-order valence-electron chi connectivity index (χ4n) is 2.30. The van der Waals surface area contributed by atoms with E-state index in [0.717, 1.165) is 6.54 Å². The van der Waals surface area contributed by atoms with Gasteiger partial charge in [0.25, 0.3) is 11.6 Å². The molecule has 1 aliphatic rings. The third kappa shape index (κ3) is 2.83. The van der Waals surface area contributed by atoms with E-state index in [-0.39, 0.29) is 17.1 Å². The Morgan fingerprint density at radius 2 is 2.20 bits per heavy atom. The molecule has 0 aliphatic carbocycles. The highest BCUT2D eigenvalue weighted by molar-refractivity contribution is 9.10. The predicted molar refractivity (Wildman–Crippen MR) is 78.8 cm³/mol. The number of nitrogens with one attached hydrogen (secondary N) is 1. The topological polar surface area (TPSA) is 75.5 Å². The van der Waals surface area contributed by atoms with Gasteiger partial charge >= 0.3 is 0 Å². The van der Waals surface area contributed by atoms with Gasteiger partial charge in [-0.25, -0.2) is 0 Å². The van der Waals surface area contributed by atoms with Crippen molar-refractivity contribution in [1.82, 2.24) is 10.2 Å². The largest absolute Gasteiger partial charge is 0.331 e. The number of amides is 1. The van der Waals surface area contributed by atoms with Crippen LogP contribution in [0.3, 0.4) is 0 Å². The lowest BCUT2D eigenvalue weighted by molar-refractivity contribution is -0.384. The summed E-state index contributed by atoms with van der Waals surface area (Å²) < 4.78 is 0.572. The van der Waals surface area contributed by atoms with E-state index in [1.807, 2.05) is 13.8 Å². The number of nitro groups is 1. The normalized spacial score (nSPS) is 17.9. The molecule has 2 rings (SSSR count). The number of nitrogens with zero attached hydrogens (tertiary/aromatic N) is 2. The molecule has 0 bridgehead atoms. The molecular weight excluding hydrogens is 326 g/mol. The third-order valence-corrected chi connectivity index (χ3v) is 4.13. The number of nitro benzene ring substituents is 1. The van der Waals surface area contributed by atoms with Crippen LogP contribution in [-0.4, -0.2) is 40.9 Å². The van der Waals surface area contributed by atoms with Gasteiger partial charge in [0.15, 0.2) is 0 Å². The van der Waals surface area contributed by atoms with Gasteiger partial charge in [-0.3, -0.25) is 14.9 Å². The average molecular weight is 342 g/mol. The molecule has 1 heterocycles. The maximum atomic E-state index is 12.7. The van der Waals surface area contributed by atoms with Crippen molar-refractivity contribution in [2.24, 2.45) is 0 Å². The van der Waals surface area contributed by atoms with Crippen LogP contribution in [0.25, 0.3) is 0 Å². The second kappa shape index (κ2) is 5.49.